The van der Waals surface area contributed by atoms with Crippen LogP contribution in [0.15, 0.2) is 49.1 Å². The lowest BCUT2D eigenvalue weighted by atomic mass is 9.97. The molecule has 1 atom stereocenters. The Balaban J connectivity index is 1.55. The van der Waals surface area contributed by atoms with Crippen molar-refractivity contribution in [2.75, 3.05) is 5.75 Å². The van der Waals surface area contributed by atoms with E-state index in [1.54, 1.807) is 24.7 Å². The predicted octanol–water partition coefficient (Wildman–Crippen LogP) is 4.06. The molecule has 4 heterocycles. The van der Waals surface area contributed by atoms with Crippen LogP contribution in [0.25, 0.3) is 28.4 Å². The van der Waals surface area contributed by atoms with Gasteiger partial charge in [0.1, 0.15) is 11.3 Å². The number of H-pyrrole nitrogens is 1. The monoisotopic (exact) mass is 478 g/mol. The summed E-state index contributed by atoms with van der Waals surface area (Å²) in [6.07, 6.45) is 0.813. The smallest absolute Gasteiger partial charge is 0.323 e. The molecular formula is C21H21F3N6O2S. The van der Waals surface area contributed by atoms with E-state index in [0.717, 1.165) is 6.20 Å². The Kier molecular flexibility index (Phi) is 5.95. The zero-order chi connectivity index (χ0) is 23.8. The molecule has 0 aliphatic carbocycles. The van der Waals surface area contributed by atoms with Gasteiger partial charge in [-0.25, -0.2) is 28.1 Å². The first-order valence-corrected chi connectivity index (χ1v) is 11.9. The Morgan fingerprint density at radius 2 is 1.91 bits per heavy atom. The van der Waals surface area contributed by atoms with Gasteiger partial charge >= 0.3 is 6.18 Å². The van der Waals surface area contributed by atoms with Crippen molar-refractivity contribution in [1.29, 1.82) is 0 Å². The molecule has 0 amide bonds. The maximum Gasteiger partial charge on any atom is 0.395 e. The fraction of sp³-hybridized carbons (Fsp3) is 0.333. The van der Waals surface area contributed by atoms with E-state index >= 15 is 0 Å². The highest BCUT2D eigenvalue weighted by atomic mass is 32.2. The maximum absolute atomic E-state index is 13.6. The molecular weight excluding hydrogens is 457 g/mol. The zero-order valence-electron chi connectivity index (χ0n) is 17.8. The van der Waals surface area contributed by atoms with Crippen LogP contribution in [-0.4, -0.2) is 55.3 Å². The van der Waals surface area contributed by atoms with Gasteiger partial charge in [0.15, 0.2) is 21.3 Å². The van der Waals surface area contributed by atoms with Crippen molar-refractivity contribution < 1.29 is 21.6 Å². The highest BCUT2D eigenvalue weighted by Crippen LogP contribution is 2.37. The van der Waals surface area contributed by atoms with Gasteiger partial charge in [0.2, 0.25) is 0 Å². The van der Waals surface area contributed by atoms with Gasteiger partial charge in [-0.3, -0.25) is 0 Å². The van der Waals surface area contributed by atoms with Crippen molar-refractivity contribution in [3.05, 3.63) is 54.6 Å². The average molecular weight is 479 g/mol. The molecule has 0 aromatic carbocycles. The van der Waals surface area contributed by atoms with Crippen molar-refractivity contribution in [1.82, 2.24) is 29.7 Å². The third-order valence-electron chi connectivity index (χ3n) is 5.32. The predicted molar refractivity (Wildman–Crippen MR) is 117 cm³/mol. The molecule has 0 spiro atoms. The summed E-state index contributed by atoms with van der Waals surface area (Å²) in [6.45, 7) is 2.91. The number of aromatic amines is 1. The van der Waals surface area contributed by atoms with Gasteiger partial charge in [-0.2, -0.15) is 18.3 Å². The van der Waals surface area contributed by atoms with Crippen molar-refractivity contribution in [2.45, 2.75) is 37.6 Å². The van der Waals surface area contributed by atoms with Crippen LogP contribution in [0.2, 0.25) is 0 Å². The molecule has 4 aromatic heterocycles. The number of hydrogen-bond acceptors (Lipinski definition) is 6. The number of fused-ring (bicyclic) bond motifs is 1. The molecule has 0 fully saturated rings. The Morgan fingerprint density at radius 1 is 1.12 bits per heavy atom. The molecule has 0 bridgehead atoms. The number of nitrogens with zero attached hydrogens (tertiary/aromatic N) is 5. The summed E-state index contributed by atoms with van der Waals surface area (Å²) in [5.74, 6) is -1.61. The molecule has 4 aromatic rings. The molecule has 4 rings (SSSR count). The summed E-state index contributed by atoms with van der Waals surface area (Å²) in [5, 5.41) is 3.48. The topological polar surface area (TPSA) is 106 Å². The Morgan fingerprint density at radius 3 is 2.55 bits per heavy atom. The van der Waals surface area contributed by atoms with E-state index in [0.29, 0.717) is 28.4 Å². The van der Waals surface area contributed by atoms with Gasteiger partial charge in [0, 0.05) is 18.6 Å². The Bertz CT molecular complexity index is 1330. The zero-order valence-corrected chi connectivity index (χ0v) is 18.6. The second kappa shape index (κ2) is 8.58. The minimum Gasteiger partial charge on any atom is -0.323 e. The van der Waals surface area contributed by atoms with Crippen LogP contribution in [-0.2, 0) is 9.84 Å². The second-order valence-corrected chi connectivity index (χ2v) is 10.6. The van der Waals surface area contributed by atoms with E-state index in [9.17, 15) is 21.6 Å². The van der Waals surface area contributed by atoms with E-state index in [4.69, 9.17) is 0 Å². The van der Waals surface area contributed by atoms with Gasteiger partial charge in [-0.15, -0.1) is 0 Å². The third kappa shape index (κ3) is 4.90. The number of sulfone groups is 1. The SMILES string of the molecule is CC(C)S(=O)(=O)CCC(c1ccc(-n2cc(-c3nc4cccnc4[nH]3)cn2)nc1)C(F)(F)F. The molecule has 0 aliphatic heterocycles. The fourth-order valence-corrected chi connectivity index (χ4v) is 4.36. The van der Waals surface area contributed by atoms with Gasteiger partial charge in [0.05, 0.1) is 28.7 Å². The van der Waals surface area contributed by atoms with E-state index in [-0.39, 0.29) is 5.56 Å². The lowest BCUT2D eigenvalue weighted by Gasteiger charge is -2.21. The number of imidazole rings is 1. The van der Waals surface area contributed by atoms with E-state index in [1.807, 2.05) is 6.07 Å². The Hall–Kier alpha value is -3.28. The number of rotatable bonds is 7. The first kappa shape index (κ1) is 22.9. The molecule has 174 valence electrons. The minimum atomic E-state index is -4.59. The van der Waals surface area contributed by atoms with Gasteiger partial charge in [0.25, 0.3) is 0 Å². The van der Waals surface area contributed by atoms with Gasteiger partial charge < -0.3 is 4.98 Å². The highest BCUT2D eigenvalue weighted by Gasteiger charge is 2.41. The molecule has 12 heteroatoms. The molecule has 1 N–H and O–H groups in total. The molecule has 0 saturated carbocycles. The van der Waals surface area contributed by atoms with E-state index in [2.05, 4.69) is 25.0 Å². The van der Waals surface area contributed by atoms with Crippen LogP contribution in [0.1, 0.15) is 31.7 Å². The van der Waals surface area contributed by atoms with Crippen molar-refractivity contribution >= 4 is 21.0 Å². The van der Waals surface area contributed by atoms with Crippen LogP contribution < -0.4 is 0 Å². The molecule has 0 saturated heterocycles. The molecule has 0 aliphatic rings. The van der Waals surface area contributed by atoms with Crippen LogP contribution in [0.4, 0.5) is 13.2 Å². The molecule has 1 unspecified atom stereocenters. The molecule has 0 radical (unpaired) electrons. The minimum absolute atomic E-state index is 0.0963. The van der Waals surface area contributed by atoms with Gasteiger partial charge in [-0.05, 0) is 44.0 Å². The quantitative estimate of drug-likeness (QED) is 0.429. The van der Waals surface area contributed by atoms with Crippen LogP contribution in [0.5, 0.6) is 0 Å². The van der Waals surface area contributed by atoms with Crippen molar-refractivity contribution in [3.8, 4) is 17.2 Å². The summed E-state index contributed by atoms with van der Waals surface area (Å²) in [7, 11) is -3.59. The number of hydrogen-bond donors (Lipinski definition) is 1. The normalized spacial score (nSPS) is 13.6. The number of aromatic nitrogens is 6. The number of halogens is 3. The van der Waals surface area contributed by atoms with Gasteiger partial charge in [-0.1, -0.05) is 6.07 Å². The van der Waals surface area contributed by atoms with Crippen molar-refractivity contribution in [2.24, 2.45) is 0 Å². The van der Waals surface area contributed by atoms with Crippen LogP contribution >= 0.6 is 0 Å². The average Bonchev–Trinajstić information content (AvgIpc) is 3.40. The Labute approximate surface area is 187 Å². The molecule has 8 nitrogen and oxygen atoms in total. The largest absolute Gasteiger partial charge is 0.395 e. The number of alkyl halides is 3. The standard InChI is InChI=1S/C21H21F3N6O2S/c1-13(2)33(31,32)9-7-16(21(22,23)24)14-5-6-18(26-10-14)30-12-15(11-27-30)19-28-17-4-3-8-25-20(17)29-19/h3-6,8,10-13,16H,7,9H2,1-2H3,(H,25,28,29). The molecule has 33 heavy (non-hydrogen) atoms. The van der Waals surface area contributed by atoms with E-state index in [1.165, 1.54) is 30.7 Å². The highest BCUT2D eigenvalue weighted by molar-refractivity contribution is 7.91. The first-order valence-electron chi connectivity index (χ1n) is 10.1. The lowest BCUT2D eigenvalue weighted by molar-refractivity contribution is -0.150. The summed E-state index contributed by atoms with van der Waals surface area (Å²) in [5.41, 5.74) is 1.88. The number of nitrogens with one attached hydrogen (secondary N) is 1. The first-order chi connectivity index (χ1) is 15.5. The van der Waals surface area contributed by atoms with Crippen molar-refractivity contribution in [3.63, 3.8) is 0 Å². The summed E-state index contributed by atoms with van der Waals surface area (Å²) >= 11 is 0. The third-order valence-corrected chi connectivity index (χ3v) is 7.56. The summed E-state index contributed by atoms with van der Waals surface area (Å²) < 4.78 is 66.3. The lowest BCUT2D eigenvalue weighted by Crippen LogP contribution is -2.26. The maximum atomic E-state index is 13.6. The summed E-state index contributed by atoms with van der Waals surface area (Å²) in [6, 6.07) is 6.31. The second-order valence-electron chi connectivity index (χ2n) is 7.88. The summed E-state index contributed by atoms with van der Waals surface area (Å²) in [4.78, 5) is 15.8. The fourth-order valence-electron chi connectivity index (χ4n) is 3.33. The number of pyridine rings is 2. The van der Waals surface area contributed by atoms with E-state index < -0.39 is 39.4 Å². The van der Waals surface area contributed by atoms with Crippen LogP contribution in [0, 0.1) is 0 Å². The van der Waals surface area contributed by atoms with Crippen LogP contribution in [0.3, 0.4) is 0 Å².